The van der Waals surface area contributed by atoms with Crippen LogP contribution >= 0.6 is 0 Å². The van der Waals surface area contributed by atoms with Gasteiger partial charge in [-0.3, -0.25) is 4.79 Å². The lowest BCUT2D eigenvalue weighted by atomic mass is 9.92. The second kappa shape index (κ2) is 8.15. The van der Waals surface area contributed by atoms with Gasteiger partial charge in [-0.2, -0.15) is 0 Å². The summed E-state index contributed by atoms with van der Waals surface area (Å²) in [4.78, 5) is 25.4. The Morgan fingerprint density at radius 3 is 2.54 bits per heavy atom. The van der Waals surface area contributed by atoms with E-state index in [0.29, 0.717) is 13.0 Å². The van der Waals surface area contributed by atoms with Gasteiger partial charge in [-0.25, -0.2) is 4.79 Å². The number of amides is 1. The van der Waals surface area contributed by atoms with Gasteiger partial charge in [0.15, 0.2) is 6.10 Å². The number of carboxylic acid groups (broad SMARTS) is 1. The summed E-state index contributed by atoms with van der Waals surface area (Å²) in [7, 11) is 1.62. The maximum atomic E-state index is 12.6. The molecule has 1 aliphatic heterocycles. The molecule has 0 spiro atoms. The van der Waals surface area contributed by atoms with Gasteiger partial charge >= 0.3 is 5.97 Å². The molecule has 1 aliphatic rings. The Morgan fingerprint density at radius 1 is 1.33 bits per heavy atom. The number of hydrogen-bond acceptors (Lipinski definition) is 4. The highest BCUT2D eigenvalue weighted by Gasteiger charge is 2.33. The van der Waals surface area contributed by atoms with Crippen molar-refractivity contribution in [1.29, 1.82) is 0 Å². The zero-order valence-electron chi connectivity index (χ0n) is 14.4. The molecular formula is C18H25NO5. The first-order valence-corrected chi connectivity index (χ1v) is 8.24. The Hall–Kier alpha value is -2.08. The van der Waals surface area contributed by atoms with Crippen LogP contribution in [0.3, 0.4) is 0 Å². The lowest BCUT2D eigenvalue weighted by Crippen LogP contribution is -2.52. The minimum Gasteiger partial charge on any atom is -0.497 e. The normalized spacial score (nSPS) is 22.0. The van der Waals surface area contributed by atoms with E-state index in [2.05, 4.69) is 0 Å². The first-order valence-electron chi connectivity index (χ1n) is 8.24. The van der Waals surface area contributed by atoms with Crippen LogP contribution in [0.15, 0.2) is 24.3 Å². The first-order chi connectivity index (χ1) is 11.4. The van der Waals surface area contributed by atoms with Crippen LogP contribution in [0.4, 0.5) is 0 Å². The van der Waals surface area contributed by atoms with Crippen molar-refractivity contribution in [2.75, 3.05) is 20.2 Å². The number of hydrogen-bond donors (Lipinski definition) is 1. The third kappa shape index (κ3) is 4.47. The van der Waals surface area contributed by atoms with E-state index in [1.807, 2.05) is 31.2 Å². The molecule has 6 heteroatoms. The summed E-state index contributed by atoms with van der Waals surface area (Å²) in [6.45, 7) is 4.37. The predicted octanol–water partition coefficient (Wildman–Crippen LogP) is 2.28. The number of carbonyl (C=O) groups excluding carboxylic acids is 1. The molecular weight excluding hydrogens is 310 g/mol. The number of morpholine rings is 1. The molecule has 0 saturated carbocycles. The van der Waals surface area contributed by atoms with Crippen LogP contribution in [-0.4, -0.2) is 54.3 Å². The first kappa shape index (κ1) is 18.3. The average Bonchev–Trinajstić information content (AvgIpc) is 2.59. The van der Waals surface area contributed by atoms with Crippen molar-refractivity contribution in [3.8, 4) is 5.75 Å². The van der Waals surface area contributed by atoms with Gasteiger partial charge in [-0.15, -0.1) is 0 Å². The van der Waals surface area contributed by atoms with E-state index in [-0.39, 0.29) is 24.5 Å². The summed E-state index contributed by atoms with van der Waals surface area (Å²) < 4.78 is 10.5. The van der Waals surface area contributed by atoms with Crippen molar-refractivity contribution in [1.82, 2.24) is 4.90 Å². The van der Waals surface area contributed by atoms with Crippen molar-refractivity contribution in [3.05, 3.63) is 29.8 Å². The van der Waals surface area contributed by atoms with E-state index in [0.717, 1.165) is 17.7 Å². The number of rotatable bonds is 6. The summed E-state index contributed by atoms with van der Waals surface area (Å²) >= 11 is 0. The van der Waals surface area contributed by atoms with Crippen molar-refractivity contribution >= 4 is 11.9 Å². The van der Waals surface area contributed by atoms with Crippen LogP contribution in [-0.2, 0) is 14.3 Å². The van der Waals surface area contributed by atoms with E-state index in [4.69, 9.17) is 14.6 Å². The molecule has 2 unspecified atom stereocenters. The number of nitrogens with zero attached hydrogens (tertiary/aromatic N) is 1. The fourth-order valence-electron chi connectivity index (χ4n) is 3.01. The number of benzene rings is 1. The Kier molecular flexibility index (Phi) is 6.20. The quantitative estimate of drug-likeness (QED) is 0.863. The Balaban J connectivity index is 2.03. The fraction of sp³-hybridized carbons (Fsp3) is 0.556. The molecule has 1 aromatic carbocycles. The maximum absolute atomic E-state index is 12.6. The number of methoxy groups -OCH3 is 1. The van der Waals surface area contributed by atoms with Crippen LogP contribution in [0.5, 0.6) is 5.75 Å². The molecule has 1 amide bonds. The summed E-state index contributed by atoms with van der Waals surface area (Å²) in [6, 6.07) is 7.73. The largest absolute Gasteiger partial charge is 0.497 e. The molecule has 2 rings (SSSR count). The molecule has 3 atom stereocenters. The number of ether oxygens (including phenoxy) is 2. The zero-order valence-corrected chi connectivity index (χ0v) is 14.4. The van der Waals surface area contributed by atoms with Crippen LogP contribution in [0.25, 0.3) is 0 Å². The second-order valence-electron chi connectivity index (χ2n) is 6.15. The maximum Gasteiger partial charge on any atom is 0.334 e. The van der Waals surface area contributed by atoms with Gasteiger partial charge in [0, 0.05) is 13.0 Å². The van der Waals surface area contributed by atoms with Crippen molar-refractivity contribution < 1.29 is 24.2 Å². The SMILES string of the molecule is CCC(CC(=O)N1CC(C(=O)O)O[C@H](C)C1)c1ccc(OC)cc1. The third-order valence-corrected chi connectivity index (χ3v) is 4.39. The topological polar surface area (TPSA) is 76.1 Å². The molecule has 0 aliphatic carbocycles. The van der Waals surface area contributed by atoms with Crippen LogP contribution in [0.1, 0.15) is 38.2 Å². The van der Waals surface area contributed by atoms with Gasteiger partial charge in [0.25, 0.3) is 0 Å². The average molecular weight is 335 g/mol. The lowest BCUT2D eigenvalue weighted by molar-refractivity contribution is -0.166. The number of carbonyl (C=O) groups is 2. The predicted molar refractivity (Wildman–Crippen MR) is 89.2 cm³/mol. The van der Waals surface area contributed by atoms with E-state index in [1.165, 1.54) is 0 Å². The Bertz CT molecular complexity index is 571. The zero-order chi connectivity index (χ0) is 17.7. The summed E-state index contributed by atoms with van der Waals surface area (Å²) in [5.74, 6) is -0.170. The molecule has 0 bridgehead atoms. The molecule has 132 valence electrons. The molecule has 1 saturated heterocycles. The molecule has 0 radical (unpaired) electrons. The van der Waals surface area contributed by atoms with E-state index in [9.17, 15) is 9.59 Å². The summed E-state index contributed by atoms with van der Waals surface area (Å²) in [6.07, 6.45) is -0.0222. The smallest absolute Gasteiger partial charge is 0.334 e. The lowest BCUT2D eigenvalue weighted by Gasteiger charge is -2.35. The molecule has 1 N–H and O–H groups in total. The van der Waals surface area contributed by atoms with Crippen LogP contribution < -0.4 is 4.74 Å². The van der Waals surface area contributed by atoms with Crippen LogP contribution in [0.2, 0.25) is 0 Å². The van der Waals surface area contributed by atoms with Gasteiger partial charge in [0.2, 0.25) is 5.91 Å². The van der Waals surface area contributed by atoms with Gasteiger partial charge in [0.1, 0.15) is 5.75 Å². The number of aliphatic carboxylic acids is 1. The van der Waals surface area contributed by atoms with E-state index in [1.54, 1.807) is 18.9 Å². The van der Waals surface area contributed by atoms with Gasteiger partial charge in [-0.1, -0.05) is 19.1 Å². The minimum atomic E-state index is -1.03. The molecule has 24 heavy (non-hydrogen) atoms. The Morgan fingerprint density at radius 2 is 2.00 bits per heavy atom. The Labute approximate surface area is 142 Å². The van der Waals surface area contributed by atoms with E-state index >= 15 is 0 Å². The summed E-state index contributed by atoms with van der Waals surface area (Å²) in [5, 5.41) is 9.14. The fourth-order valence-corrected chi connectivity index (χ4v) is 3.01. The van der Waals surface area contributed by atoms with Crippen molar-refractivity contribution in [2.24, 2.45) is 0 Å². The van der Waals surface area contributed by atoms with Crippen molar-refractivity contribution in [2.45, 2.75) is 44.8 Å². The summed E-state index contributed by atoms with van der Waals surface area (Å²) in [5.41, 5.74) is 1.09. The third-order valence-electron chi connectivity index (χ3n) is 4.39. The molecule has 1 heterocycles. The standard InChI is InChI=1S/C18H25NO5/c1-4-13(14-5-7-15(23-3)8-6-14)9-17(20)19-10-12(2)24-16(11-19)18(21)22/h5-8,12-13,16H,4,9-11H2,1-3H3,(H,21,22)/t12-,13?,16?/m1/s1. The van der Waals surface area contributed by atoms with Crippen LogP contribution in [0, 0.1) is 0 Å². The van der Waals surface area contributed by atoms with Gasteiger partial charge in [0.05, 0.1) is 19.8 Å². The van der Waals surface area contributed by atoms with Gasteiger partial charge in [-0.05, 0) is 37.0 Å². The highest BCUT2D eigenvalue weighted by molar-refractivity contribution is 5.79. The highest BCUT2D eigenvalue weighted by atomic mass is 16.5. The molecule has 6 nitrogen and oxygen atoms in total. The second-order valence-corrected chi connectivity index (χ2v) is 6.15. The van der Waals surface area contributed by atoms with Crippen molar-refractivity contribution in [3.63, 3.8) is 0 Å². The molecule has 1 aromatic rings. The monoisotopic (exact) mass is 335 g/mol. The van der Waals surface area contributed by atoms with Gasteiger partial charge < -0.3 is 19.5 Å². The number of carboxylic acids is 1. The molecule has 0 aromatic heterocycles. The highest BCUT2D eigenvalue weighted by Crippen LogP contribution is 2.26. The minimum absolute atomic E-state index is 0.0286. The van der Waals surface area contributed by atoms with E-state index < -0.39 is 12.1 Å². The molecule has 1 fully saturated rings.